The van der Waals surface area contributed by atoms with Crippen LogP contribution in [0.3, 0.4) is 0 Å². The number of carboxylic acid groups (broad SMARTS) is 1. The fourth-order valence-electron chi connectivity index (χ4n) is 5.48. The van der Waals surface area contributed by atoms with Crippen molar-refractivity contribution in [1.29, 1.82) is 0 Å². The number of nitrogens with zero attached hydrogens (tertiary/aromatic N) is 2. The Morgan fingerprint density at radius 2 is 1.38 bits per heavy atom. The first-order chi connectivity index (χ1) is 19.5. The number of aliphatic carboxylic acids is 1. The number of rotatable bonds is 5. The van der Waals surface area contributed by atoms with E-state index in [1.807, 2.05) is 28.8 Å². The molecule has 5 rings (SSSR count). The number of hydrogen-bond acceptors (Lipinski definition) is 5. The van der Waals surface area contributed by atoms with Crippen molar-refractivity contribution < 1.29 is 29.0 Å². The minimum atomic E-state index is -1.50. The van der Waals surface area contributed by atoms with Crippen molar-refractivity contribution in [2.24, 2.45) is 0 Å². The Hall–Kier alpha value is -3.98. The molecule has 1 aliphatic rings. The van der Waals surface area contributed by atoms with Gasteiger partial charge in [-0.25, -0.2) is 4.79 Å². The maximum absolute atomic E-state index is 13.6. The van der Waals surface area contributed by atoms with Crippen LogP contribution in [-0.4, -0.2) is 44.4 Å². The van der Waals surface area contributed by atoms with E-state index in [2.05, 4.69) is 69.6 Å². The number of aromatic nitrogens is 1. The summed E-state index contributed by atoms with van der Waals surface area (Å²) in [6, 6.07) is 13.6. The van der Waals surface area contributed by atoms with Gasteiger partial charge in [-0.15, -0.1) is 0 Å². The number of benzene rings is 3. The summed E-state index contributed by atoms with van der Waals surface area (Å²) < 4.78 is 7.16. The highest BCUT2D eigenvalue weighted by Gasteiger charge is 2.45. The Bertz CT molecular complexity index is 1750. The van der Waals surface area contributed by atoms with Gasteiger partial charge in [0.2, 0.25) is 0 Å². The minimum Gasteiger partial charge on any atom is -0.480 e. The zero-order valence-electron chi connectivity index (χ0n) is 24.7. The van der Waals surface area contributed by atoms with E-state index in [-0.39, 0.29) is 38.7 Å². The highest BCUT2D eigenvalue weighted by Crippen LogP contribution is 2.39. The zero-order chi connectivity index (χ0) is 30.9. The number of amides is 2. The smallest absolute Gasteiger partial charge is 0.328 e. The molecule has 4 aromatic rings. The lowest BCUT2D eigenvalue weighted by Gasteiger charge is -2.24. The van der Waals surface area contributed by atoms with Crippen LogP contribution in [0.5, 0.6) is 5.75 Å². The van der Waals surface area contributed by atoms with Crippen molar-refractivity contribution in [3.05, 3.63) is 75.3 Å². The van der Waals surface area contributed by atoms with Gasteiger partial charge in [-0.3, -0.25) is 19.3 Å². The molecule has 2 amide bonds. The average molecular weight is 634 g/mol. The predicted octanol–water partition coefficient (Wildman–Crippen LogP) is 6.83. The summed E-state index contributed by atoms with van der Waals surface area (Å²) in [5.74, 6) is -3.32. The minimum absolute atomic E-state index is 0.0307. The predicted molar refractivity (Wildman–Crippen MR) is 164 cm³/mol. The molecule has 0 bridgehead atoms. The van der Waals surface area contributed by atoms with Gasteiger partial charge in [0.1, 0.15) is 5.75 Å². The van der Waals surface area contributed by atoms with Gasteiger partial charge in [-0.05, 0) is 74.3 Å². The molecule has 42 heavy (non-hydrogen) atoms. The Kier molecular flexibility index (Phi) is 7.08. The van der Waals surface area contributed by atoms with Crippen LogP contribution in [0.1, 0.15) is 80.3 Å². The van der Waals surface area contributed by atoms with E-state index < -0.39 is 29.8 Å². The normalized spacial score (nSPS) is 14.5. The SMILES string of the molecule is CC(=O)Oc1ccc2c(c1Br)C(=O)N(C(Cn1c3ccc(C(C)(C)C)cc3c3cc(C(C)(C)C)ccc31)C(=O)O)C2=O. The van der Waals surface area contributed by atoms with Crippen LogP contribution in [0.25, 0.3) is 21.8 Å². The Morgan fingerprint density at radius 3 is 1.83 bits per heavy atom. The first-order valence-corrected chi connectivity index (χ1v) is 14.5. The molecule has 1 N–H and O–H groups in total. The quantitative estimate of drug-likeness (QED) is 0.147. The molecule has 1 aliphatic heterocycles. The molecule has 1 unspecified atom stereocenters. The Morgan fingerprint density at radius 1 is 0.857 bits per heavy atom. The zero-order valence-corrected chi connectivity index (χ0v) is 26.3. The van der Waals surface area contributed by atoms with Gasteiger partial charge in [0.25, 0.3) is 11.8 Å². The highest BCUT2D eigenvalue weighted by atomic mass is 79.9. The number of esters is 1. The standard InChI is InChI=1S/C33H33BrN2O6/c1-17(37)42-26-13-10-20-27(28(26)34)30(39)36(29(20)38)25(31(40)41)16-35-23-11-8-18(32(2,3)4)14-21(23)22-15-19(33(5,6)7)9-12-24(22)35/h8-15,25H,16H2,1-7H3,(H,40,41). The third-order valence-corrected chi connectivity index (χ3v) is 8.58. The van der Waals surface area contributed by atoms with Crippen LogP contribution >= 0.6 is 15.9 Å². The lowest BCUT2D eigenvalue weighted by atomic mass is 9.85. The van der Waals surface area contributed by atoms with Crippen molar-refractivity contribution >= 4 is 61.5 Å². The van der Waals surface area contributed by atoms with Crippen LogP contribution in [0.4, 0.5) is 0 Å². The molecule has 2 heterocycles. The molecule has 0 saturated heterocycles. The second kappa shape index (κ2) is 10.1. The lowest BCUT2D eigenvalue weighted by molar-refractivity contribution is -0.142. The number of fused-ring (bicyclic) bond motifs is 4. The lowest BCUT2D eigenvalue weighted by Crippen LogP contribution is -2.47. The monoisotopic (exact) mass is 632 g/mol. The largest absolute Gasteiger partial charge is 0.480 e. The van der Waals surface area contributed by atoms with E-state index in [1.165, 1.54) is 19.1 Å². The molecule has 0 radical (unpaired) electrons. The molecule has 8 nitrogen and oxygen atoms in total. The van der Waals surface area contributed by atoms with Crippen LogP contribution in [0.2, 0.25) is 0 Å². The van der Waals surface area contributed by atoms with Gasteiger partial charge in [-0.2, -0.15) is 0 Å². The van der Waals surface area contributed by atoms with Crippen LogP contribution in [0.15, 0.2) is 53.0 Å². The molecular formula is C33H33BrN2O6. The van der Waals surface area contributed by atoms with E-state index in [4.69, 9.17) is 4.74 Å². The van der Waals surface area contributed by atoms with E-state index in [0.29, 0.717) is 0 Å². The maximum atomic E-state index is 13.6. The van der Waals surface area contributed by atoms with E-state index in [0.717, 1.165) is 37.8 Å². The second-order valence-electron chi connectivity index (χ2n) is 12.8. The van der Waals surface area contributed by atoms with Gasteiger partial charge in [-0.1, -0.05) is 53.7 Å². The summed E-state index contributed by atoms with van der Waals surface area (Å²) in [5.41, 5.74) is 3.70. The maximum Gasteiger partial charge on any atom is 0.328 e. The third-order valence-electron chi connectivity index (χ3n) is 7.79. The molecule has 1 atom stereocenters. The summed E-state index contributed by atoms with van der Waals surface area (Å²) in [6.07, 6.45) is 0. The molecular weight excluding hydrogens is 600 g/mol. The van der Waals surface area contributed by atoms with Crippen molar-refractivity contribution in [3.63, 3.8) is 0 Å². The van der Waals surface area contributed by atoms with Gasteiger partial charge < -0.3 is 14.4 Å². The number of carbonyl (C=O) groups is 4. The molecule has 1 aromatic heterocycles. The number of carbonyl (C=O) groups excluding carboxylic acids is 3. The molecule has 0 spiro atoms. The Labute approximate surface area is 252 Å². The van der Waals surface area contributed by atoms with Crippen LogP contribution in [-0.2, 0) is 27.0 Å². The number of hydrogen-bond donors (Lipinski definition) is 1. The highest BCUT2D eigenvalue weighted by molar-refractivity contribution is 9.10. The van der Waals surface area contributed by atoms with Crippen molar-refractivity contribution in [1.82, 2.24) is 9.47 Å². The topological polar surface area (TPSA) is 106 Å². The van der Waals surface area contributed by atoms with Crippen LogP contribution < -0.4 is 4.74 Å². The molecule has 0 aliphatic carbocycles. The van der Waals surface area contributed by atoms with E-state index >= 15 is 0 Å². The van der Waals surface area contributed by atoms with E-state index in [9.17, 15) is 24.3 Å². The fraction of sp³-hybridized carbons (Fsp3) is 0.333. The Balaban J connectivity index is 1.66. The van der Waals surface area contributed by atoms with Crippen molar-refractivity contribution in [2.75, 3.05) is 0 Å². The molecule has 0 fully saturated rings. The van der Waals surface area contributed by atoms with E-state index in [1.54, 1.807) is 0 Å². The summed E-state index contributed by atoms with van der Waals surface area (Å²) in [6.45, 7) is 13.9. The average Bonchev–Trinajstić information content (AvgIpc) is 3.33. The first kappa shape index (κ1) is 29.5. The van der Waals surface area contributed by atoms with Gasteiger partial charge in [0, 0.05) is 28.7 Å². The molecule has 0 saturated carbocycles. The summed E-state index contributed by atoms with van der Waals surface area (Å²) in [5, 5.41) is 12.3. The molecule has 9 heteroatoms. The van der Waals surface area contributed by atoms with Crippen molar-refractivity contribution in [3.8, 4) is 5.75 Å². The number of halogens is 1. The first-order valence-electron chi connectivity index (χ1n) is 13.7. The number of ether oxygens (including phenoxy) is 1. The van der Waals surface area contributed by atoms with Crippen LogP contribution in [0, 0.1) is 0 Å². The number of imide groups is 1. The second-order valence-corrected chi connectivity index (χ2v) is 13.6. The summed E-state index contributed by atoms with van der Waals surface area (Å²) >= 11 is 3.28. The van der Waals surface area contributed by atoms with Gasteiger partial charge >= 0.3 is 11.9 Å². The third kappa shape index (κ3) is 4.89. The number of carboxylic acids is 1. The summed E-state index contributed by atoms with van der Waals surface area (Å²) in [7, 11) is 0. The fourth-order valence-corrected chi connectivity index (χ4v) is 6.08. The molecule has 218 valence electrons. The molecule has 3 aromatic carbocycles. The van der Waals surface area contributed by atoms with Gasteiger partial charge in [0.05, 0.1) is 22.1 Å². The van der Waals surface area contributed by atoms with Crippen molar-refractivity contribution in [2.45, 2.75) is 71.9 Å². The summed E-state index contributed by atoms with van der Waals surface area (Å²) in [4.78, 5) is 52.2. The van der Waals surface area contributed by atoms with Gasteiger partial charge in [0.15, 0.2) is 6.04 Å².